The summed E-state index contributed by atoms with van der Waals surface area (Å²) in [5, 5.41) is 2.69. The Hall–Kier alpha value is -1.06. The smallest absolute Gasteiger partial charge is 0.407 e. The van der Waals surface area contributed by atoms with E-state index in [-0.39, 0.29) is 11.8 Å². The van der Waals surface area contributed by atoms with Crippen LogP contribution in [-0.4, -0.2) is 23.5 Å². The van der Waals surface area contributed by atoms with E-state index in [1.165, 1.54) is 6.42 Å². The maximum absolute atomic E-state index is 11.7. The van der Waals surface area contributed by atoms with Gasteiger partial charge in [0.25, 0.3) is 0 Å². The predicted molar refractivity (Wildman–Crippen MR) is 70.3 cm³/mol. The highest BCUT2D eigenvalue weighted by Crippen LogP contribution is 2.40. The van der Waals surface area contributed by atoms with Crippen molar-refractivity contribution in [2.24, 2.45) is 11.8 Å². The summed E-state index contributed by atoms with van der Waals surface area (Å²) in [4.78, 5) is 23.2. The van der Waals surface area contributed by atoms with Gasteiger partial charge in [0.1, 0.15) is 11.4 Å². The average Bonchev–Trinajstić information content (AvgIpc) is 2.75. The summed E-state index contributed by atoms with van der Waals surface area (Å²) in [7, 11) is 0. The summed E-state index contributed by atoms with van der Waals surface area (Å²) in [5.74, 6) is 1.50. The molecule has 0 aromatic heterocycles. The minimum atomic E-state index is -0.503. The quantitative estimate of drug-likeness (QED) is 0.821. The number of rotatable bonds is 5. The van der Waals surface area contributed by atoms with Crippen LogP contribution in [0, 0.1) is 11.8 Å². The van der Waals surface area contributed by atoms with Crippen LogP contribution < -0.4 is 5.32 Å². The molecule has 1 amide bonds. The number of nitrogens with one attached hydrogen (secondary N) is 1. The van der Waals surface area contributed by atoms with Gasteiger partial charge < -0.3 is 10.1 Å². The molecule has 1 N–H and O–H groups in total. The van der Waals surface area contributed by atoms with E-state index in [4.69, 9.17) is 4.74 Å². The van der Waals surface area contributed by atoms with E-state index in [2.05, 4.69) is 12.2 Å². The molecule has 104 valence electrons. The lowest BCUT2D eigenvalue weighted by atomic mass is 10.1. The Labute approximate surface area is 109 Å². The highest BCUT2D eigenvalue weighted by atomic mass is 16.6. The van der Waals surface area contributed by atoms with Crippen LogP contribution in [0.25, 0.3) is 0 Å². The fourth-order valence-corrected chi connectivity index (χ4v) is 1.96. The fourth-order valence-electron chi connectivity index (χ4n) is 1.96. The minimum Gasteiger partial charge on any atom is -0.444 e. The molecule has 1 saturated carbocycles. The Kier molecular flexibility index (Phi) is 4.77. The summed E-state index contributed by atoms with van der Waals surface area (Å²) < 4.78 is 5.14. The Bertz CT molecular complexity index is 319. The van der Waals surface area contributed by atoms with Crippen molar-refractivity contribution in [3.8, 4) is 0 Å². The van der Waals surface area contributed by atoms with Crippen LogP contribution in [0.4, 0.5) is 4.79 Å². The van der Waals surface area contributed by atoms with Crippen LogP contribution in [0.5, 0.6) is 0 Å². The zero-order valence-electron chi connectivity index (χ0n) is 12.1. The predicted octanol–water partition coefficient (Wildman–Crippen LogP) is 2.90. The van der Waals surface area contributed by atoms with Crippen LogP contribution in [0.15, 0.2) is 0 Å². The third-order valence-electron chi connectivity index (χ3n) is 3.06. The molecule has 0 radical (unpaired) electrons. The Morgan fingerprint density at radius 2 is 1.94 bits per heavy atom. The van der Waals surface area contributed by atoms with Crippen molar-refractivity contribution >= 4 is 11.9 Å². The van der Waals surface area contributed by atoms with Crippen molar-refractivity contribution in [3.05, 3.63) is 0 Å². The maximum Gasteiger partial charge on any atom is 0.407 e. The van der Waals surface area contributed by atoms with Crippen molar-refractivity contribution in [3.63, 3.8) is 0 Å². The van der Waals surface area contributed by atoms with Gasteiger partial charge in [-0.05, 0) is 46.0 Å². The molecule has 0 saturated heterocycles. The molecule has 1 rings (SSSR count). The van der Waals surface area contributed by atoms with Crippen LogP contribution in [0.1, 0.15) is 53.9 Å². The molecule has 0 bridgehead atoms. The summed E-state index contributed by atoms with van der Waals surface area (Å²) in [5.41, 5.74) is -0.503. The Balaban J connectivity index is 2.21. The number of alkyl carbamates (subject to hydrolysis) is 1. The van der Waals surface area contributed by atoms with Gasteiger partial charge in [-0.1, -0.05) is 6.92 Å². The molecule has 18 heavy (non-hydrogen) atoms. The Morgan fingerprint density at radius 3 is 2.39 bits per heavy atom. The minimum absolute atomic E-state index is 0.165. The molecular weight excluding hydrogens is 230 g/mol. The summed E-state index contributed by atoms with van der Waals surface area (Å²) in [6.07, 6.45) is 1.76. The number of hydrogen-bond acceptors (Lipinski definition) is 3. The second kappa shape index (κ2) is 5.72. The lowest BCUT2D eigenvalue weighted by Gasteiger charge is -2.21. The monoisotopic (exact) mass is 255 g/mol. The summed E-state index contributed by atoms with van der Waals surface area (Å²) in [6, 6.07) is -0.165. The van der Waals surface area contributed by atoms with Crippen molar-refractivity contribution < 1.29 is 14.3 Å². The van der Waals surface area contributed by atoms with Gasteiger partial charge in [0.2, 0.25) is 0 Å². The van der Waals surface area contributed by atoms with E-state index >= 15 is 0 Å². The SMILES string of the molecule is CC1CC1CC(=O)C[C@@H](C)NC(=O)OC(C)(C)C. The largest absolute Gasteiger partial charge is 0.444 e. The standard InChI is InChI=1S/C14H25NO3/c1-9-6-11(9)8-12(16)7-10(2)15-13(17)18-14(3,4)5/h9-11H,6-8H2,1-5H3,(H,15,17)/t9?,10-,11?/m1/s1. The van der Waals surface area contributed by atoms with Gasteiger partial charge in [0.05, 0.1) is 0 Å². The third kappa shape index (κ3) is 6.03. The molecular formula is C14H25NO3. The van der Waals surface area contributed by atoms with Crippen molar-refractivity contribution in [2.45, 2.75) is 65.5 Å². The lowest BCUT2D eigenvalue weighted by molar-refractivity contribution is -0.119. The van der Waals surface area contributed by atoms with Crippen LogP contribution in [0.2, 0.25) is 0 Å². The topological polar surface area (TPSA) is 55.4 Å². The number of ketones is 1. The van der Waals surface area contributed by atoms with Gasteiger partial charge in [0, 0.05) is 18.9 Å². The number of carbonyl (C=O) groups excluding carboxylic acids is 2. The number of hydrogen-bond donors (Lipinski definition) is 1. The maximum atomic E-state index is 11.7. The second-order valence-electron chi connectivity index (χ2n) is 6.47. The molecule has 0 aliphatic heterocycles. The van der Waals surface area contributed by atoms with E-state index in [1.54, 1.807) is 0 Å². The third-order valence-corrected chi connectivity index (χ3v) is 3.06. The molecule has 1 fully saturated rings. The van der Waals surface area contributed by atoms with E-state index in [0.717, 1.165) is 0 Å². The van der Waals surface area contributed by atoms with Crippen LogP contribution in [0.3, 0.4) is 0 Å². The lowest BCUT2D eigenvalue weighted by Crippen LogP contribution is -2.38. The molecule has 1 aliphatic carbocycles. The molecule has 0 heterocycles. The number of amides is 1. The van der Waals surface area contributed by atoms with Crippen LogP contribution in [-0.2, 0) is 9.53 Å². The summed E-state index contributed by atoms with van der Waals surface area (Å²) >= 11 is 0. The van der Waals surface area contributed by atoms with Crippen LogP contribution >= 0.6 is 0 Å². The molecule has 4 heteroatoms. The van der Waals surface area contributed by atoms with Crippen molar-refractivity contribution in [1.29, 1.82) is 0 Å². The molecule has 1 aliphatic rings. The normalized spacial score (nSPS) is 24.3. The molecule has 2 unspecified atom stereocenters. The first kappa shape index (κ1) is 15.0. The first-order valence-electron chi connectivity index (χ1n) is 6.68. The van der Waals surface area contributed by atoms with Gasteiger partial charge in [-0.2, -0.15) is 0 Å². The molecule has 0 aromatic rings. The number of carbonyl (C=O) groups is 2. The van der Waals surface area contributed by atoms with E-state index in [9.17, 15) is 9.59 Å². The van der Waals surface area contributed by atoms with Crippen molar-refractivity contribution in [1.82, 2.24) is 5.32 Å². The first-order valence-corrected chi connectivity index (χ1v) is 6.68. The highest BCUT2D eigenvalue weighted by Gasteiger charge is 2.34. The van der Waals surface area contributed by atoms with Gasteiger partial charge in [-0.25, -0.2) is 4.79 Å². The number of ether oxygens (including phenoxy) is 1. The number of Topliss-reactive ketones (excluding diaryl/α,β-unsaturated/α-hetero) is 1. The van der Waals surface area contributed by atoms with E-state index < -0.39 is 11.7 Å². The fraction of sp³-hybridized carbons (Fsp3) is 0.857. The average molecular weight is 255 g/mol. The zero-order valence-corrected chi connectivity index (χ0v) is 12.1. The summed E-state index contributed by atoms with van der Waals surface area (Å²) in [6.45, 7) is 9.45. The van der Waals surface area contributed by atoms with Gasteiger partial charge >= 0.3 is 6.09 Å². The molecule has 4 nitrogen and oxygen atoms in total. The van der Waals surface area contributed by atoms with Gasteiger partial charge in [-0.3, -0.25) is 4.79 Å². The first-order chi connectivity index (χ1) is 8.17. The van der Waals surface area contributed by atoms with Gasteiger partial charge in [0.15, 0.2) is 0 Å². The zero-order chi connectivity index (χ0) is 13.9. The molecule has 3 atom stereocenters. The Morgan fingerprint density at radius 1 is 1.39 bits per heavy atom. The molecule has 0 aromatic carbocycles. The molecule has 0 spiro atoms. The van der Waals surface area contributed by atoms with Gasteiger partial charge in [-0.15, -0.1) is 0 Å². The van der Waals surface area contributed by atoms with E-state index in [1.807, 2.05) is 27.7 Å². The highest BCUT2D eigenvalue weighted by molar-refractivity contribution is 5.80. The van der Waals surface area contributed by atoms with Crippen molar-refractivity contribution in [2.75, 3.05) is 0 Å². The van der Waals surface area contributed by atoms with E-state index in [0.29, 0.717) is 24.7 Å². The second-order valence-corrected chi connectivity index (χ2v) is 6.47.